The molecule has 1 heterocycles. The fraction of sp³-hybridized carbons (Fsp3) is 0.833. The number of alkyl halides is 1. The van der Waals surface area contributed by atoms with Gasteiger partial charge in [-0.2, -0.15) is 0 Å². The van der Waals surface area contributed by atoms with Gasteiger partial charge in [0, 0.05) is 19.8 Å². The van der Waals surface area contributed by atoms with Crippen LogP contribution >= 0.6 is 0 Å². The predicted octanol–water partition coefficient (Wildman–Crippen LogP) is 0.0691. The van der Waals surface area contributed by atoms with Crippen LogP contribution < -0.4 is 0 Å². The summed E-state index contributed by atoms with van der Waals surface area (Å²) in [7, 11) is 0. The molecule has 0 aromatic carbocycles. The molecule has 0 spiro atoms. The van der Waals surface area contributed by atoms with Gasteiger partial charge in [-0.15, -0.1) is 0 Å². The second kappa shape index (κ2) is 3.67. The van der Waals surface area contributed by atoms with E-state index >= 15 is 0 Å². The first-order valence-electron chi connectivity index (χ1n) is 6.18. The van der Waals surface area contributed by atoms with Crippen molar-refractivity contribution < 1.29 is 33.3 Å². The highest BCUT2D eigenvalue weighted by Crippen LogP contribution is 2.67. The van der Waals surface area contributed by atoms with Gasteiger partial charge in [0.2, 0.25) is 0 Å². The molecule has 3 aliphatic rings. The molecule has 0 amide bonds. The van der Waals surface area contributed by atoms with E-state index in [1.54, 1.807) is 0 Å². The van der Waals surface area contributed by atoms with E-state index in [9.17, 15) is 19.1 Å². The van der Waals surface area contributed by atoms with E-state index in [2.05, 4.69) is 0 Å². The van der Waals surface area contributed by atoms with Crippen molar-refractivity contribution in [3.05, 3.63) is 0 Å². The number of fused-ring (bicyclic) bond motifs is 3. The molecular weight excluding hydrogens is 259 g/mol. The Balaban J connectivity index is 1.94. The zero-order chi connectivity index (χ0) is 14.0. The molecule has 0 aromatic heterocycles. The predicted molar refractivity (Wildman–Crippen MR) is 57.5 cm³/mol. The number of aliphatic hydroxyl groups excluding tert-OH is 1. The molecule has 1 aliphatic heterocycles. The molecule has 0 aromatic rings. The maximum absolute atomic E-state index is 14.2. The number of rotatable bonds is 2. The van der Waals surface area contributed by atoms with Crippen LogP contribution in [0.2, 0.25) is 0 Å². The maximum atomic E-state index is 14.2. The van der Waals surface area contributed by atoms with Crippen LogP contribution in [0.15, 0.2) is 0 Å². The largest absolute Gasteiger partial charge is 0.456 e. The number of carbonyl (C=O) groups is 2. The molecule has 2 aliphatic carbocycles. The van der Waals surface area contributed by atoms with E-state index in [1.807, 2.05) is 0 Å². The molecule has 1 N–H and O–H groups in total. The van der Waals surface area contributed by atoms with Gasteiger partial charge < -0.3 is 19.3 Å². The zero-order valence-electron chi connectivity index (χ0n) is 10.6. The van der Waals surface area contributed by atoms with Crippen molar-refractivity contribution in [1.82, 2.24) is 0 Å². The van der Waals surface area contributed by atoms with E-state index in [1.165, 1.54) is 13.8 Å². The summed E-state index contributed by atoms with van der Waals surface area (Å²) in [6.07, 6.45) is -3.70. The summed E-state index contributed by atoms with van der Waals surface area (Å²) in [5, 5.41) is 9.54. The first-order chi connectivity index (χ1) is 8.82. The SMILES string of the molecule is CC(=O)O[C@]12C[C@H]1C[C@@]1(OC(C)=O)[C@@H]2OC(O)[C@H]1F. The molecule has 0 bridgehead atoms. The third-order valence-corrected chi connectivity index (χ3v) is 4.21. The van der Waals surface area contributed by atoms with Gasteiger partial charge in [-0.1, -0.05) is 0 Å². The molecule has 6 nitrogen and oxygen atoms in total. The van der Waals surface area contributed by atoms with Crippen LogP contribution in [-0.4, -0.2) is 46.8 Å². The van der Waals surface area contributed by atoms with Crippen LogP contribution in [0.25, 0.3) is 0 Å². The summed E-state index contributed by atoms with van der Waals surface area (Å²) in [5.41, 5.74) is -2.49. The minimum Gasteiger partial charge on any atom is -0.456 e. The Bertz CT molecular complexity index is 454. The lowest BCUT2D eigenvalue weighted by molar-refractivity contribution is -0.184. The normalized spacial score (nSPS) is 50.3. The highest BCUT2D eigenvalue weighted by Gasteiger charge is 2.82. The standard InChI is InChI=1S/C12H15FO6/c1-5(14)18-11-3-7(11)4-12(19-6(2)15)8(13)9(16)17-10(11)12/h7-10,16H,3-4H2,1-2H3/t7-,8+,9?,10+,11+,12-/m0/s1. The van der Waals surface area contributed by atoms with Crippen molar-refractivity contribution in [3.63, 3.8) is 0 Å². The molecule has 6 atom stereocenters. The minimum atomic E-state index is -1.83. The van der Waals surface area contributed by atoms with Gasteiger partial charge in [-0.3, -0.25) is 9.59 Å². The monoisotopic (exact) mass is 274 g/mol. The summed E-state index contributed by atoms with van der Waals surface area (Å²) in [6, 6.07) is 0. The Labute approximate surface area is 108 Å². The molecule has 2 saturated carbocycles. The quantitative estimate of drug-likeness (QED) is 0.717. The number of carbonyl (C=O) groups excluding carboxylic acids is 2. The van der Waals surface area contributed by atoms with E-state index in [0.29, 0.717) is 6.42 Å². The van der Waals surface area contributed by atoms with Gasteiger partial charge in [-0.05, 0) is 12.8 Å². The fourth-order valence-electron chi connectivity index (χ4n) is 3.60. The first kappa shape index (κ1) is 12.8. The van der Waals surface area contributed by atoms with Gasteiger partial charge in [0.15, 0.2) is 18.1 Å². The van der Waals surface area contributed by atoms with E-state index < -0.39 is 41.7 Å². The van der Waals surface area contributed by atoms with Crippen LogP contribution in [0.5, 0.6) is 0 Å². The van der Waals surface area contributed by atoms with Gasteiger partial charge in [-0.25, -0.2) is 4.39 Å². The number of hydrogen-bond acceptors (Lipinski definition) is 6. The maximum Gasteiger partial charge on any atom is 0.303 e. The first-order valence-corrected chi connectivity index (χ1v) is 6.18. The van der Waals surface area contributed by atoms with Gasteiger partial charge in [0.25, 0.3) is 0 Å². The molecule has 7 heteroatoms. The Morgan fingerprint density at radius 2 is 1.74 bits per heavy atom. The molecule has 106 valence electrons. The smallest absolute Gasteiger partial charge is 0.303 e. The van der Waals surface area contributed by atoms with Gasteiger partial charge in [0.05, 0.1) is 0 Å². The summed E-state index contributed by atoms with van der Waals surface area (Å²) in [5.74, 6) is -1.24. The molecule has 0 radical (unpaired) electrons. The van der Waals surface area contributed by atoms with E-state index in [4.69, 9.17) is 14.2 Å². The third-order valence-electron chi connectivity index (χ3n) is 4.21. The number of hydrogen-bond donors (Lipinski definition) is 1. The fourth-order valence-corrected chi connectivity index (χ4v) is 3.60. The number of aliphatic hydroxyl groups is 1. The van der Waals surface area contributed by atoms with Crippen LogP contribution in [0.1, 0.15) is 26.7 Å². The summed E-state index contributed by atoms with van der Waals surface area (Å²) < 4.78 is 29.8. The highest BCUT2D eigenvalue weighted by atomic mass is 19.1. The van der Waals surface area contributed by atoms with Crippen molar-refractivity contribution in [2.75, 3.05) is 0 Å². The Morgan fingerprint density at radius 3 is 2.32 bits per heavy atom. The van der Waals surface area contributed by atoms with E-state index in [0.717, 1.165) is 0 Å². The summed E-state index contributed by atoms with van der Waals surface area (Å²) in [4.78, 5) is 22.4. The van der Waals surface area contributed by atoms with Gasteiger partial charge in [0.1, 0.15) is 11.7 Å². The van der Waals surface area contributed by atoms with Crippen LogP contribution in [-0.2, 0) is 23.8 Å². The van der Waals surface area contributed by atoms with Crippen molar-refractivity contribution >= 4 is 11.9 Å². The van der Waals surface area contributed by atoms with Gasteiger partial charge >= 0.3 is 11.9 Å². The van der Waals surface area contributed by atoms with Crippen molar-refractivity contribution in [3.8, 4) is 0 Å². The van der Waals surface area contributed by atoms with Crippen LogP contribution in [0.4, 0.5) is 4.39 Å². The Kier molecular flexibility index (Phi) is 2.47. The van der Waals surface area contributed by atoms with E-state index in [-0.39, 0.29) is 12.3 Å². The third kappa shape index (κ3) is 1.54. The van der Waals surface area contributed by atoms with Crippen molar-refractivity contribution in [1.29, 1.82) is 0 Å². The number of esters is 2. The van der Waals surface area contributed by atoms with Crippen molar-refractivity contribution in [2.45, 2.75) is 56.5 Å². The molecule has 19 heavy (non-hydrogen) atoms. The minimum absolute atomic E-state index is 0.0912. The topological polar surface area (TPSA) is 82.1 Å². The zero-order valence-corrected chi connectivity index (χ0v) is 10.6. The number of ether oxygens (including phenoxy) is 3. The highest BCUT2D eigenvalue weighted by molar-refractivity contribution is 5.69. The average molecular weight is 274 g/mol. The molecule has 3 rings (SSSR count). The Morgan fingerprint density at radius 1 is 1.21 bits per heavy atom. The summed E-state index contributed by atoms with van der Waals surface area (Å²) in [6.45, 7) is 2.43. The second-order valence-corrected chi connectivity index (χ2v) is 5.51. The lowest BCUT2D eigenvalue weighted by Gasteiger charge is -2.32. The second-order valence-electron chi connectivity index (χ2n) is 5.51. The molecule has 1 unspecified atom stereocenters. The lowest BCUT2D eigenvalue weighted by Crippen LogP contribution is -2.51. The van der Waals surface area contributed by atoms with Crippen molar-refractivity contribution in [2.24, 2.45) is 5.92 Å². The molecule has 1 saturated heterocycles. The van der Waals surface area contributed by atoms with Crippen LogP contribution in [0.3, 0.4) is 0 Å². The molecular formula is C12H15FO6. The lowest BCUT2D eigenvalue weighted by atomic mass is 9.90. The Hall–Kier alpha value is -1.21. The number of halogens is 1. The molecule has 3 fully saturated rings. The summed E-state index contributed by atoms with van der Waals surface area (Å²) >= 11 is 0. The average Bonchev–Trinajstić information content (AvgIpc) is 2.80. The van der Waals surface area contributed by atoms with Crippen LogP contribution in [0, 0.1) is 5.92 Å².